The molecule has 3 rings (SSSR count). The molecule has 0 aliphatic heterocycles. The first-order valence-corrected chi connectivity index (χ1v) is 9.57. The van der Waals surface area contributed by atoms with Gasteiger partial charge >= 0.3 is 0 Å². The average molecular weight is 392 g/mol. The Balaban J connectivity index is 1.93. The van der Waals surface area contributed by atoms with Crippen LogP contribution in [-0.2, 0) is 0 Å². The van der Waals surface area contributed by atoms with Gasteiger partial charge in [-0.1, -0.05) is 31.5 Å². The number of fused-ring (bicyclic) bond motifs is 1. The zero-order valence-electron chi connectivity index (χ0n) is 16.8. The second kappa shape index (κ2) is 8.68. The number of nitrogens with zero attached hydrogens (tertiary/aromatic N) is 3. The van der Waals surface area contributed by atoms with E-state index in [4.69, 9.17) is 0 Å². The van der Waals surface area contributed by atoms with Crippen LogP contribution in [0.15, 0.2) is 48.7 Å². The molecule has 0 aliphatic rings. The number of pyridine rings is 1. The van der Waals surface area contributed by atoms with Gasteiger partial charge in [0.1, 0.15) is 0 Å². The molecular formula is C22H24N4O3. The summed E-state index contributed by atoms with van der Waals surface area (Å²) in [6.45, 7) is 4.16. The quantitative estimate of drug-likeness (QED) is 0.622. The monoisotopic (exact) mass is 392 g/mol. The van der Waals surface area contributed by atoms with Crippen LogP contribution in [0.4, 0.5) is 5.69 Å². The standard InChI is InChI=1S/C22H24N4O3/c1-4-5-12-25(3)22(29)19-18-11-6-7-13-26(18)20(24-19)21(28)23-17-10-8-9-16(14-17)15(2)27/h6-11,13-14H,4-5,12H2,1-3H3,(H,23,28). The molecule has 2 heterocycles. The second-order valence-electron chi connectivity index (χ2n) is 6.91. The number of carbonyl (C=O) groups excluding carboxylic acids is 3. The lowest BCUT2D eigenvalue weighted by molar-refractivity contribution is 0.0789. The third-order valence-electron chi connectivity index (χ3n) is 4.67. The number of benzene rings is 1. The maximum atomic E-state index is 12.9. The topological polar surface area (TPSA) is 83.8 Å². The van der Waals surface area contributed by atoms with Crippen LogP contribution < -0.4 is 5.32 Å². The number of rotatable bonds is 7. The van der Waals surface area contributed by atoms with E-state index in [1.54, 1.807) is 65.0 Å². The summed E-state index contributed by atoms with van der Waals surface area (Å²) in [6, 6.07) is 12.0. The third-order valence-corrected chi connectivity index (χ3v) is 4.67. The molecule has 2 aromatic heterocycles. The van der Waals surface area contributed by atoms with Crippen LogP contribution >= 0.6 is 0 Å². The Bertz CT molecular complexity index is 1070. The van der Waals surface area contributed by atoms with Crippen molar-refractivity contribution in [2.24, 2.45) is 0 Å². The van der Waals surface area contributed by atoms with Crippen LogP contribution in [0.2, 0.25) is 0 Å². The van der Waals surface area contributed by atoms with Gasteiger partial charge in [-0.05, 0) is 37.6 Å². The van der Waals surface area contributed by atoms with Crippen molar-refractivity contribution in [3.8, 4) is 0 Å². The maximum absolute atomic E-state index is 12.9. The molecule has 150 valence electrons. The predicted octanol–water partition coefficient (Wildman–Crippen LogP) is 3.66. The summed E-state index contributed by atoms with van der Waals surface area (Å²) >= 11 is 0. The molecule has 0 saturated carbocycles. The number of Topliss-reactive ketones (excluding diaryl/α,β-unsaturated/α-hetero) is 1. The van der Waals surface area contributed by atoms with Crippen molar-refractivity contribution < 1.29 is 14.4 Å². The molecule has 1 aromatic carbocycles. The minimum atomic E-state index is -0.456. The van der Waals surface area contributed by atoms with Gasteiger partial charge in [-0.25, -0.2) is 4.98 Å². The summed E-state index contributed by atoms with van der Waals surface area (Å²) in [5.41, 5.74) is 1.81. The van der Waals surface area contributed by atoms with Crippen LogP contribution in [0.1, 0.15) is 58.2 Å². The van der Waals surface area contributed by atoms with Gasteiger partial charge in [-0.15, -0.1) is 0 Å². The van der Waals surface area contributed by atoms with Gasteiger partial charge in [0.25, 0.3) is 11.8 Å². The van der Waals surface area contributed by atoms with Crippen molar-refractivity contribution in [1.82, 2.24) is 14.3 Å². The fraction of sp³-hybridized carbons (Fsp3) is 0.273. The highest BCUT2D eigenvalue weighted by molar-refractivity contribution is 6.06. The number of aromatic nitrogens is 2. The highest BCUT2D eigenvalue weighted by Crippen LogP contribution is 2.18. The lowest BCUT2D eigenvalue weighted by atomic mass is 10.1. The Morgan fingerprint density at radius 3 is 2.66 bits per heavy atom. The number of hydrogen-bond donors (Lipinski definition) is 1. The fourth-order valence-corrected chi connectivity index (χ4v) is 3.04. The number of carbonyl (C=O) groups is 3. The summed E-state index contributed by atoms with van der Waals surface area (Å²) in [7, 11) is 1.74. The van der Waals surface area contributed by atoms with Crippen molar-refractivity contribution in [1.29, 1.82) is 0 Å². The number of nitrogens with one attached hydrogen (secondary N) is 1. The molecule has 7 nitrogen and oxygen atoms in total. The Hall–Kier alpha value is -3.48. The van der Waals surface area contributed by atoms with Crippen LogP contribution in [-0.4, -0.2) is 45.5 Å². The fourth-order valence-electron chi connectivity index (χ4n) is 3.04. The number of ketones is 1. The first-order chi connectivity index (χ1) is 13.9. The van der Waals surface area contributed by atoms with E-state index in [9.17, 15) is 14.4 Å². The normalized spacial score (nSPS) is 10.7. The number of amides is 2. The first kappa shape index (κ1) is 20.3. The van der Waals surface area contributed by atoms with Gasteiger partial charge in [0.05, 0.1) is 5.52 Å². The van der Waals surface area contributed by atoms with E-state index in [0.717, 1.165) is 12.8 Å². The largest absolute Gasteiger partial charge is 0.340 e. The molecule has 0 spiro atoms. The lowest BCUT2D eigenvalue weighted by Crippen LogP contribution is -2.28. The van der Waals surface area contributed by atoms with Crippen LogP contribution in [0, 0.1) is 0 Å². The van der Waals surface area contributed by atoms with Crippen LogP contribution in [0.25, 0.3) is 5.52 Å². The minimum Gasteiger partial charge on any atom is -0.340 e. The van der Waals surface area contributed by atoms with Crippen molar-refractivity contribution in [3.63, 3.8) is 0 Å². The molecular weight excluding hydrogens is 368 g/mol. The highest BCUT2D eigenvalue weighted by Gasteiger charge is 2.23. The molecule has 0 aliphatic carbocycles. The summed E-state index contributed by atoms with van der Waals surface area (Å²) < 4.78 is 1.60. The SMILES string of the molecule is CCCCN(C)C(=O)c1nc(C(=O)Nc2cccc(C(C)=O)c2)n2ccccc12. The van der Waals surface area contributed by atoms with Crippen molar-refractivity contribution in [2.75, 3.05) is 18.9 Å². The summed E-state index contributed by atoms with van der Waals surface area (Å²) in [4.78, 5) is 43.3. The van der Waals surface area contributed by atoms with Gasteiger partial charge < -0.3 is 10.2 Å². The molecule has 29 heavy (non-hydrogen) atoms. The van der Waals surface area contributed by atoms with E-state index < -0.39 is 5.91 Å². The van der Waals surface area contributed by atoms with E-state index in [2.05, 4.69) is 17.2 Å². The molecule has 7 heteroatoms. The van der Waals surface area contributed by atoms with E-state index in [0.29, 0.717) is 23.3 Å². The Kier molecular flexibility index (Phi) is 6.07. The molecule has 0 atom stereocenters. The van der Waals surface area contributed by atoms with Crippen LogP contribution in [0.5, 0.6) is 0 Å². The molecule has 0 fully saturated rings. The Labute approximate surface area is 169 Å². The zero-order chi connectivity index (χ0) is 21.0. The van der Waals surface area contributed by atoms with Crippen molar-refractivity contribution >= 4 is 28.8 Å². The Morgan fingerprint density at radius 2 is 1.93 bits per heavy atom. The average Bonchev–Trinajstić information content (AvgIpc) is 3.11. The highest BCUT2D eigenvalue weighted by atomic mass is 16.2. The maximum Gasteiger partial charge on any atom is 0.292 e. The van der Waals surface area contributed by atoms with Crippen LogP contribution in [0.3, 0.4) is 0 Å². The molecule has 0 bridgehead atoms. The van der Waals surface area contributed by atoms with E-state index in [1.807, 2.05) is 0 Å². The zero-order valence-corrected chi connectivity index (χ0v) is 16.8. The number of unbranched alkanes of at least 4 members (excludes halogenated alkanes) is 1. The summed E-state index contributed by atoms with van der Waals surface area (Å²) in [5, 5.41) is 2.76. The molecule has 2 amide bonds. The molecule has 1 N–H and O–H groups in total. The molecule has 0 radical (unpaired) electrons. The van der Waals surface area contributed by atoms with E-state index in [1.165, 1.54) is 6.92 Å². The Morgan fingerprint density at radius 1 is 1.14 bits per heavy atom. The number of imidazole rings is 1. The molecule has 0 saturated heterocycles. The number of hydrogen-bond acceptors (Lipinski definition) is 4. The molecule has 3 aromatic rings. The van der Waals surface area contributed by atoms with Crippen molar-refractivity contribution in [3.05, 3.63) is 65.7 Å². The smallest absolute Gasteiger partial charge is 0.292 e. The third kappa shape index (κ3) is 4.34. The first-order valence-electron chi connectivity index (χ1n) is 9.57. The van der Waals surface area contributed by atoms with Gasteiger partial charge in [-0.2, -0.15) is 0 Å². The molecule has 0 unspecified atom stereocenters. The number of anilines is 1. The van der Waals surface area contributed by atoms with Gasteiger partial charge in [0.2, 0.25) is 5.82 Å². The summed E-state index contributed by atoms with van der Waals surface area (Å²) in [5.74, 6) is -0.654. The van der Waals surface area contributed by atoms with Crippen molar-refractivity contribution in [2.45, 2.75) is 26.7 Å². The van der Waals surface area contributed by atoms with Gasteiger partial charge in [-0.3, -0.25) is 18.8 Å². The predicted molar refractivity (Wildman–Crippen MR) is 111 cm³/mol. The van der Waals surface area contributed by atoms with Gasteiger partial charge in [0.15, 0.2) is 11.5 Å². The summed E-state index contributed by atoms with van der Waals surface area (Å²) in [6.07, 6.45) is 3.58. The lowest BCUT2D eigenvalue weighted by Gasteiger charge is -2.15. The minimum absolute atomic E-state index is 0.0876. The van der Waals surface area contributed by atoms with E-state index >= 15 is 0 Å². The van der Waals surface area contributed by atoms with E-state index in [-0.39, 0.29) is 23.2 Å². The van der Waals surface area contributed by atoms with Gasteiger partial charge in [0, 0.05) is 31.0 Å². The second-order valence-corrected chi connectivity index (χ2v) is 6.91.